The quantitative estimate of drug-likeness (QED) is 0.785. The summed E-state index contributed by atoms with van der Waals surface area (Å²) < 4.78 is 16.5. The minimum atomic E-state index is -0.465. The second-order valence-electron chi connectivity index (χ2n) is 4.19. The van der Waals surface area contributed by atoms with Crippen LogP contribution in [-0.4, -0.2) is 26.3 Å². The van der Waals surface area contributed by atoms with Gasteiger partial charge in [0.25, 0.3) is 0 Å². The van der Waals surface area contributed by atoms with Gasteiger partial charge in [0.05, 0.1) is 13.7 Å². The molecule has 0 saturated heterocycles. The number of benzene rings is 1. The highest BCUT2D eigenvalue weighted by molar-refractivity contribution is 7.15. The Morgan fingerprint density at radius 3 is 2.62 bits per heavy atom. The van der Waals surface area contributed by atoms with Crippen LogP contribution in [0.5, 0.6) is 5.75 Å². The van der Waals surface area contributed by atoms with Gasteiger partial charge in [0, 0.05) is 36.5 Å². The standard InChI is InChI=1S/C14H17ClN2O3S/c1-18-9-4-5-12(11(6-9)13(19-2)20-3)16-7-10-8-17-14(15)21-10/h4-6,8,13,16H,7H2,1-3H3. The van der Waals surface area contributed by atoms with Crippen LogP contribution in [0.2, 0.25) is 4.47 Å². The van der Waals surface area contributed by atoms with Crippen molar-refractivity contribution in [1.82, 2.24) is 4.98 Å². The molecule has 1 heterocycles. The third-order valence-corrected chi connectivity index (χ3v) is 4.03. The topological polar surface area (TPSA) is 52.6 Å². The van der Waals surface area contributed by atoms with Gasteiger partial charge in [0.1, 0.15) is 5.75 Å². The van der Waals surface area contributed by atoms with Crippen molar-refractivity contribution >= 4 is 28.6 Å². The first kappa shape index (κ1) is 16.0. The van der Waals surface area contributed by atoms with Crippen molar-refractivity contribution in [2.75, 3.05) is 26.6 Å². The third kappa shape index (κ3) is 4.07. The maximum atomic E-state index is 5.83. The number of anilines is 1. The van der Waals surface area contributed by atoms with E-state index in [0.29, 0.717) is 11.0 Å². The summed E-state index contributed by atoms with van der Waals surface area (Å²) in [6, 6.07) is 5.70. The number of rotatable bonds is 7. The minimum Gasteiger partial charge on any atom is -0.497 e. The zero-order valence-corrected chi connectivity index (χ0v) is 13.6. The van der Waals surface area contributed by atoms with Crippen molar-refractivity contribution in [3.05, 3.63) is 39.3 Å². The van der Waals surface area contributed by atoms with Crippen LogP contribution in [0.1, 0.15) is 16.7 Å². The van der Waals surface area contributed by atoms with Crippen LogP contribution >= 0.6 is 22.9 Å². The Morgan fingerprint density at radius 1 is 1.29 bits per heavy atom. The zero-order valence-electron chi connectivity index (χ0n) is 12.1. The van der Waals surface area contributed by atoms with E-state index >= 15 is 0 Å². The van der Waals surface area contributed by atoms with Crippen LogP contribution in [0.4, 0.5) is 5.69 Å². The van der Waals surface area contributed by atoms with Gasteiger partial charge >= 0.3 is 0 Å². The fraction of sp³-hybridized carbons (Fsp3) is 0.357. The lowest BCUT2D eigenvalue weighted by atomic mass is 10.1. The van der Waals surface area contributed by atoms with Gasteiger partial charge in [-0.3, -0.25) is 0 Å². The van der Waals surface area contributed by atoms with Crippen LogP contribution < -0.4 is 10.1 Å². The number of hydrogen-bond acceptors (Lipinski definition) is 6. The van der Waals surface area contributed by atoms with Gasteiger partial charge in [-0.1, -0.05) is 11.6 Å². The van der Waals surface area contributed by atoms with Crippen LogP contribution in [0, 0.1) is 0 Å². The molecular weight excluding hydrogens is 312 g/mol. The molecule has 0 radical (unpaired) electrons. The first-order chi connectivity index (χ1) is 10.2. The smallest absolute Gasteiger partial charge is 0.185 e. The molecule has 1 aromatic carbocycles. The molecule has 0 spiro atoms. The Hall–Kier alpha value is -1.34. The molecule has 2 aromatic rings. The van der Waals surface area contributed by atoms with Crippen molar-refractivity contribution in [3.63, 3.8) is 0 Å². The highest BCUT2D eigenvalue weighted by Crippen LogP contribution is 2.30. The van der Waals surface area contributed by atoms with Crippen molar-refractivity contribution in [3.8, 4) is 5.75 Å². The lowest BCUT2D eigenvalue weighted by Crippen LogP contribution is -2.09. The largest absolute Gasteiger partial charge is 0.497 e. The number of thiazole rings is 1. The lowest BCUT2D eigenvalue weighted by Gasteiger charge is -2.19. The number of ether oxygens (including phenoxy) is 3. The van der Waals surface area contributed by atoms with E-state index in [1.807, 2.05) is 18.2 Å². The van der Waals surface area contributed by atoms with E-state index in [0.717, 1.165) is 21.9 Å². The summed E-state index contributed by atoms with van der Waals surface area (Å²) in [5.41, 5.74) is 1.78. The molecule has 0 aliphatic heterocycles. The molecule has 7 heteroatoms. The van der Waals surface area contributed by atoms with Gasteiger partial charge in [0.2, 0.25) is 0 Å². The predicted octanol–water partition coefficient (Wildman–Crippen LogP) is 3.71. The number of hydrogen-bond donors (Lipinski definition) is 1. The number of methoxy groups -OCH3 is 3. The Kier molecular flexibility index (Phi) is 5.81. The summed E-state index contributed by atoms with van der Waals surface area (Å²) in [5, 5.41) is 3.34. The molecule has 0 aliphatic carbocycles. The third-order valence-electron chi connectivity index (χ3n) is 2.92. The molecule has 0 aliphatic rings. The van der Waals surface area contributed by atoms with E-state index in [2.05, 4.69) is 10.3 Å². The minimum absolute atomic E-state index is 0.465. The summed E-state index contributed by atoms with van der Waals surface area (Å²) in [4.78, 5) is 5.07. The van der Waals surface area contributed by atoms with E-state index in [9.17, 15) is 0 Å². The monoisotopic (exact) mass is 328 g/mol. The first-order valence-corrected chi connectivity index (χ1v) is 7.45. The normalized spacial score (nSPS) is 10.9. The molecular formula is C14H17ClN2O3S. The molecule has 1 N–H and O–H groups in total. The number of aromatic nitrogens is 1. The Labute approximate surface area is 132 Å². The van der Waals surface area contributed by atoms with Gasteiger partial charge in [-0.2, -0.15) is 0 Å². The van der Waals surface area contributed by atoms with Crippen LogP contribution in [-0.2, 0) is 16.0 Å². The van der Waals surface area contributed by atoms with E-state index in [-0.39, 0.29) is 0 Å². The maximum Gasteiger partial charge on any atom is 0.185 e. The molecule has 0 saturated carbocycles. The van der Waals surface area contributed by atoms with Crippen molar-refractivity contribution < 1.29 is 14.2 Å². The van der Waals surface area contributed by atoms with E-state index in [4.69, 9.17) is 25.8 Å². The molecule has 0 unspecified atom stereocenters. The van der Waals surface area contributed by atoms with E-state index in [1.54, 1.807) is 27.5 Å². The summed E-state index contributed by atoms with van der Waals surface area (Å²) in [5.74, 6) is 0.746. The SMILES string of the molecule is COc1ccc(NCc2cnc(Cl)s2)c(C(OC)OC)c1. The molecule has 0 fully saturated rings. The molecule has 2 rings (SSSR count). The molecule has 114 valence electrons. The Morgan fingerprint density at radius 2 is 2.05 bits per heavy atom. The average Bonchev–Trinajstić information content (AvgIpc) is 2.92. The van der Waals surface area contributed by atoms with Gasteiger partial charge in [-0.05, 0) is 18.2 Å². The molecule has 1 aromatic heterocycles. The molecule has 0 amide bonds. The lowest BCUT2D eigenvalue weighted by molar-refractivity contribution is -0.105. The molecule has 21 heavy (non-hydrogen) atoms. The second kappa shape index (κ2) is 7.61. The summed E-state index contributed by atoms with van der Waals surface area (Å²) >= 11 is 7.28. The van der Waals surface area contributed by atoms with Crippen LogP contribution in [0.25, 0.3) is 0 Å². The van der Waals surface area contributed by atoms with Gasteiger partial charge in [0.15, 0.2) is 10.8 Å². The molecule has 5 nitrogen and oxygen atoms in total. The fourth-order valence-electron chi connectivity index (χ4n) is 1.92. The van der Waals surface area contributed by atoms with Crippen LogP contribution in [0.15, 0.2) is 24.4 Å². The highest BCUT2D eigenvalue weighted by Gasteiger charge is 2.15. The van der Waals surface area contributed by atoms with E-state index < -0.39 is 6.29 Å². The maximum absolute atomic E-state index is 5.83. The molecule has 0 bridgehead atoms. The number of nitrogens with zero attached hydrogens (tertiary/aromatic N) is 1. The van der Waals surface area contributed by atoms with Crippen molar-refractivity contribution in [2.24, 2.45) is 0 Å². The number of halogens is 1. The Bertz CT molecular complexity index is 587. The summed E-state index contributed by atoms with van der Waals surface area (Å²) in [6.45, 7) is 0.629. The predicted molar refractivity (Wildman–Crippen MR) is 84.2 cm³/mol. The highest BCUT2D eigenvalue weighted by atomic mass is 35.5. The summed E-state index contributed by atoms with van der Waals surface area (Å²) in [6.07, 6.45) is 1.29. The fourth-order valence-corrected chi connectivity index (χ4v) is 2.84. The molecule has 0 atom stereocenters. The van der Waals surface area contributed by atoms with Gasteiger partial charge < -0.3 is 19.5 Å². The summed E-state index contributed by atoms with van der Waals surface area (Å²) in [7, 11) is 4.82. The van der Waals surface area contributed by atoms with Crippen molar-refractivity contribution in [2.45, 2.75) is 12.8 Å². The van der Waals surface area contributed by atoms with Crippen molar-refractivity contribution in [1.29, 1.82) is 0 Å². The Balaban J connectivity index is 2.20. The second-order valence-corrected chi connectivity index (χ2v) is 5.89. The average molecular weight is 329 g/mol. The van der Waals surface area contributed by atoms with Gasteiger partial charge in [-0.25, -0.2) is 4.98 Å². The zero-order chi connectivity index (χ0) is 15.2. The van der Waals surface area contributed by atoms with Gasteiger partial charge in [-0.15, -0.1) is 11.3 Å². The van der Waals surface area contributed by atoms with E-state index in [1.165, 1.54) is 11.3 Å². The van der Waals surface area contributed by atoms with Crippen LogP contribution in [0.3, 0.4) is 0 Å². The number of nitrogens with one attached hydrogen (secondary N) is 1. The first-order valence-electron chi connectivity index (χ1n) is 6.25.